The maximum absolute atomic E-state index is 12.0. The molecule has 3 rings (SSSR count). The van der Waals surface area contributed by atoms with Crippen molar-refractivity contribution in [3.8, 4) is 11.5 Å². The number of carbonyl (C=O) groups is 1. The zero-order chi connectivity index (χ0) is 17.6. The number of benzene rings is 1. The fourth-order valence-electron chi connectivity index (χ4n) is 2.34. The Morgan fingerprint density at radius 1 is 1.04 bits per heavy atom. The van der Waals surface area contributed by atoms with Crippen molar-refractivity contribution in [3.05, 3.63) is 54.4 Å². The lowest BCUT2D eigenvalue weighted by molar-refractivity contribution is 0.261. The number of hydrogen-bond donors (Lipinski definition) is 2. The number of pyridine rings is 1. The molecule has 3 aromatic rings. The number of nitrogens with zero attached hydrogens (tertiary/aromatic N) is 3. The van der Waals surface area contributed by atoms with Crippen molar-refractivity contribution in [1.29, 1.82) is 0 Å². The molecule has 128 valence electrons. The monoisotopic (exact) mass is 337 g/mol. The second kappa shape index (κ2) is 7.57. The molecular formula is C18H19N5O2. The van der Waals surface area contributed by atoms with E-state index in [1.807, 2.05) is 24.3 Å². The fraction of sp³-hybridized carbons (Fsp3) is 0.222. The molecule has 0 aliphatic heterocycles. The Labute approximate surface area is 145 Å². The van der Waals surface area contributed by atoms with Crippen LogP contribution in [0.15, 0.2) is 53.2 Å². The number of anilines is 2. The highest BCUT2D eigenvalue weighted by Crippen LogP contribution is 2.19. The molecule has 0 atom stereocenters. The Morgan fingerprint density at radius 2 is 1.76 bits per heavy atom. The van der Waals surface area contributed by atoms with Crippen molar-refractivity contribution >= 4 is 17.7 Å². The molecule has 25 heavy (non-hydrogen) atoms. The maximum Gasteiger partial charge on any atom is 0.327 e. The standard InChI is InChI=1S/C18H19N5O2/c1-12(2)11-13-3-5-15(6-4-13)20-17(24)21-18-23-22-16(25-18)14-7-9-19-10-8-14/h3-10,12H,11H2,1-2H3,(H2,20,21,23,24). The van der Waals surface area contributed by atoms with Gasteiger partial charge in [-0.3, -0.25) is 10.3 Å². The molecule has 7 heteroatoms. The smallest absolute Gasteiger partial charge is 0.327 e. The predicted molar refractivity (Wildman–Crippen MR) is 95.2 cm³/mol. The van der Waals surface area contributed by atoms with Gasteiger partial charge >= 0.3 is 12.0 Å². The fourth-order valence-corrected chi connectivity index (χ4v) is 2.34. The molecule has 2 amide bonds. The third-order valence-corrected chi connectivity index (χ3v) is 3.43. The molecule has 2 heterocycles. The van der Waals surface area contributed by atoms with Gasteiger partial charge in [0.15, 0.2) is 0 Å². The van der Waals surface area contributed by atoms with E-state index in [0.29, 0.717) is 17.5 Å². The van der Waals surface area contributed by atoms with Crippen LogP contribution in [0.3, 0.4) is 0 Å². The third-order valence-electron chi connectivity index (χ3n) is 3.43. The summed E-state index contributed by atoms with van der Waals surface area (Å²) in [4.78, 5) is 16.0. The first-order chi connectivity index (χ1) is 12.1. The zero-order valence-electron chi connectivity index (χ0n) is 14.1. The van der Waals surface area contributed by atoms with Crippen LogP contribution in [0.25, 0.3) is 11.5 Å². The van der Waals surface area contributed by atoms with E-state index in [9.17, 15) is 4.79 Å². The average molecular weight is 337 g/mol. The van der Waals surface area contributed by atoms with Gasteiger partial charge in [0.25, 0.3) is 0 Å². The van der Waals surface area contributed by atoms with Crippen LogP contribution in [0.2, 0.25) is 0 Å². The van der Waals surface area contributed by atoms with E-state index < -0.39 is 6.03 Å². The lowest BCUT2D eigenvalue weighted by atomic mass is 10.0. The minimum absolute atomic E-state index is 0.0285. The Balaban J connectivity index is 1.58. The van der Waals surface area contributed by atoms with Crippen LogP contribution in [-0.2, 0) is 6.42 Å². The van der Waals surface area contributed by atoms with E-state index in [1.165, 1.54) is 5.56 Å². The number of urea groups is 1. The van der Waals surface area contributed by atoms with Crippen LogP contribution in [0.5, 0.6) is 0 Å². The van der Waals surface area contributed by atoms with Gasteiger partial charge < -0.3 is 9.73 Å². The van der Waals surface area contributed by atoms with Crippen LogP contribution in [-0.4, -0.2) is 21.2 Å². The molecular weight excluding hydrogens is 318 g/mol. The van der Waals surface area contributed by atoms with Crippen molar-refractivity contribution < 1.29 is 9.21 Å². The van der Waals surface area contributed by atoms with Gasteiger partial charge in [0.2, 0.25) is 5.89 Å². The number of rotatable bonds is 5. The Hall–Kier alpha value is -3.22. The summed E-state index contributed by atoms with van der Waals surface area (Å²) in [5.74, 6) is 0.907. The normalized spacial score (nSPS) is 10.7. The summed E-state index contributed by atoms with van der Waals surface area (Å²) < 4.78 is 5.42. The van der Waals surface area contributed by atoms with E-state index >= 15 is 0 Å². The zero-order valence-corrected chi connectivity index (χ0v) is 14.1. The SMILES string of the molecule is CC(C)Cc1ccc(NC(=O)Nc2nnc(-c3ccncc3)o2)cc1. The lowest BCUT2D eigenvalue weighted by Crippen LogP contribution is -2.19. The number of carbonyl (C=O) groups excluding carboxylic acids is 1. The molecule has 0 spiro atoms. The lowest BCUT2D eigenvalue weighted by Gasteiger charge is -2.07. The van der Waals surface area contributed by atoms with Gasteiger partial charge in [-0.15, -0.1) is 5.10 Å². The van der Waals surface area contributed by atoms with Gasteiger partial charge in [0.05, 0.1) is 0 Å². The predicted octanol–water partition coefficient (Wildman–Crippen LogP) is 3.97. The molecule has 0 aliphatic rings. The quantitative estimate of drug-likeness (QED) is 0.734. The highest BCUT2D eigenvalue weighted by molar-refractivity contribution is 5.98. The first-order valence-electron chi connectivity index (χ1n) is 8.01. The van der Waals surface area contributed by atoms with Crippen LogP contribution in [0.1, 0.15) is 19.4 Å². The van der Waals surface area contributed by atoms with Crippen molar-refractivity contribution in [1.82, 2.24) is 15.2 Å². The number of nitrogens with one attached hydrogen (secondary N) is 2. The van der Waals surface area contributed by atoms with Crippen LogP contribution in [0, 0.1) is 5.92 Å². The largest absolute Gasteiger partial charge is 0.403 e. The molecule has 0 unspecified atom stereocenters. The van der Waals surface area contributed by atoms with Crippen LogP contribution in [0.4, 0.5) is 16.5 Å². The number of hydrogen-bond acceptors (Lipinski definition) is 5. The molecule has 1 aromatic carbocycles. The Bertz CT molecular complexity index is 828. The van der Waals surface area contributed by atoms with Gasteiger partial charge in [0, 0.05) is 23.6 Å². The first-order valence-corrected chi connectivity index (χ1v) is 8.01. The first kappa shape index (κ1) is 16.6. The molecule has 0 radical (unpaired) electrons. The number of amides is 2. The molecule has 0 bridgehead atoms. The highest BCUT2D eigenvalue weighted by atomic mass is 16.4. The molecule has 0 saturated heterocycles. The minimum atomic E-state index is -0.443. The Morgan fingerprint density at radius 3 is 2.44 bits per heavy atom. The minimum Gasteiger partial charge on any atom is -0.403 e. The second-order valence-corrected chi connectivity index (χ2v) is 6.02. The van der Waals surface area contributed by atoms with Gasteiger partial charge in [-0.1, -0.05) is 31.1 Å². The third kappa shape index (κ3) is 4.63. The summed E-state index contributed by atoms with van der Waals surface area (Å²) in [5.41, 5.74) is 2.66. The van der Waals surface area contributed by atoms with Gasteiger partial charge in [-0.05, 0) is 42.2 Å². The summed E-state index contributed by atoms with van der Waals surface area (Å²) in [6.07, 6.45) is 4.26. The number of aromatic nitrogens is 3. The molecule has 2 aromatic heterocycles. The summed E-state index contributed by atoms with van der Waals surface area (Å²) >= 11 is 0. The average Bonchev–Trinajstić information content (AvgIpc) is 3.05. The van der Waals surface area contributed by atoms with E-state index in [1.54, 1.807) is 24.5 Å². The van der Waals surface area contributed by atoms with E-state index in [2.05, 4.69) is 39.7 Å². The summed E-state index contributed by atoms with van der Waals surface area (Å²) in [6.45, 7) is 4.34. The summed E-state index contributed by atoms with van der Waals surface area (Å²) in [6, 6.07) is 10.8. The van der Waals surface area contributed by atoms with Crippen molar-refractivity contribution in [2.75, 3.05) is 10.6 Å². The van der Waals surface area contributed by atoms with E-state index in [4.69, 9.17) is 4.42 Å². The highest BCUT2D eigenvalue weighted by Gasteiger charge is 2.11. The van der Waals surface area contributed by atoms with Crippen molar-refractivity contribution in [2.24, 2.45) is 5.92 Å². The summed E-state index contributed by atoms with van der Waals surface area (Å²) in [5, 5.41) is 13.0. The second-order valence-electron chi connectivity index (χ2n) is 6.02. The maximum atomic E-state index is 12.0. The summed E-state index contributed by atoms with van der Waals surface area (Å²) in [7, 11) is 0. The molecule has 0 fully saturated rings. The van der Waals surface area contributed by atoms with Crippen molar-refractivity contribution in [3.63, 3.8) is 0 Å². The van der Waals surface area contributed by atoms with Gasteiger partial charge in [0.1, 0.15) is 0 Å². The van der Waals surface area contributed by atoms with Gasteiger partial charge in [-0.25, -0.2) is 4.79 Å². The van der Waals surface area contributed by atoms with Crippen LogP contribution < -0.4 is 10.6 Å². The van der Waals surface area contributed by atoms with E-state index in [-0.39, 0.29) is 6.01 Å². The van der Waals surface area contributed by atoms with Crippen LogP contribution >= 0.6 is 0 Å². The van der Waals surface area contributed by atoms with E-state index in [0.717, 1.165) is 12.0 Å². The Kier molecular flexibility index (Phi) is 5.03. The molecule has 7 nitrogen and oxygen atoms in total. The topological polar surface area (TPSA) is 92.9 Å². The molecule has 0 aliphatic carbocycles. The van der Waals surface area contributed by atoms with Gasteiger partial charge in [-0.2, -0.15) is 0 Å². The van der Waals surface area contributed by atoms with Crippen molar-refractivity contribution in [2.45, 2.75) is 20.3 Å². The molecule has 2 N–H and O–H groups in total. The molecule has 0 saturated carbocycles.